The number of aryl methyl sites for hydroxylation is 1. The van der Waals surface area contributed by atoms with Crippen molar-refractivity contribution in [1.82, 2.24) is 14.7 Å². The lowest BCUT2D eigenvalue weighted by molar-refractivity contribution is -0.157. The minimum Gasteiger partial charge on any atom is -0.466 e. The zero-order valence-electron chi connectivity index (χ0n) is 12.9. The third kappa shape index (κ3) is 2.87. The standard InChI is InChI=1S/C15H25N3O2/c1-5-20-14(19)15(12(2)3)6-7-18(11-15)10-13-8-16-17(4)9-13/h8-9,12H,5-7,10-11H2,1-4H3/t15-/m1/s1. The number of carbonyl (C=O) groups excluding carboxylic acids is 1. The van der Waals surface area contributed by atoms with Gasteiger partial charge in [-0.05, 0) is 25.8 Å². The molecule has 0 N–H and O–H groups in total. The van der Waals surface area contributed by atoms with E-state index in [9.17, 15) is 4.79 Å². The summed E-state index contributed by atoms with van der Waals surface area (Å²) in [6, 6.07) is 0. The average molecular weight is 279 g/mol. The Kier molecular flexibility index (Phi) is 4.48. The number of esters is 1. The molecule has 0 amide bonds. The van der Waals surface area contributed by atoms with Crippen molar-refractivity contribution in [1.29, 1.82) is 0 Å². The SMILES string of the molecule is CCOC(=O)[C@]1(C(C)C)CCN(Cc2cnn(C)c2)C1. The van der Waals surface area contributed by atoms with Crippen LogP contribution in [0.5, 0.6) is 0 Å². The van der Waals surface area contributed by atoms with Gasteiger partial charge in [-0.1, -0.05) is 13.8 Å². The predicted octanol–water partition coefficient (Wildman–Crippen LogP) is 1.83. The van der Waals surface area contributed by atoms with Crippen LogP contribution >= 0.6 is 0 Å². The molecule has 0 radical (unpaired) electrons. The Morgan fingerprint density at radius 1 is 1.55 bits per heavy atom. The maximum Gasteiger partial charge on any atom is 0.313 e. The number of rotatable bonds is 5. The molecule has 1 aromatic rings. The third-order valence-electron chi connectivity index (χ3n) is 4.33. The molecular weight excluding hydrogens is 254 g/mol. The van der Waals surface area contributed by atoms with E-state index in [1.54, 1.807) is 0 Å². The van der Waals surface area contributed by atoms with Crippen molar-refractivity contribution in [2.24, 2.45) is 18.4 Å². The first-order chi connectivity index (χ1) is 9.48. The summed E-state index contributed by atoms with van der Waals surface area (Å²) in [7, 11) is 1.92. The van der Waals surface area contributed by atoms with E-state index in [1.165, 1.54) is 5.56 Å². The smallest absolute Gasteiger partial charge is 0.313 e. The van der Waals surface area contributed by atoms with Crippen molar-refractivity contribution >= 4 is 5.97 Å². The molecule has 2 heterocycles. The highest BCUT2D eigenvalue weighted by Crippen LogP contribution is 2.39. The summed E-state index contributed by atoms with van der Waals surface area (Å²) in [5.74, 6) is 0.254. The molecule has 0 aliphatic carbocycles. The van der Waals surface area contributed by atoms with Crippen LogP contribution in [0, 0.1) is 11.3 Å². The molecule has 0 spiro atoms. The van der Waals surface area contributed by atoms with Crippen LogP contribution in [0.3, 0.4) is 0 Å². The lowest BCUT2D eigenvalue weighted by Crippen LogP contribution is -2.40. The van der Waals surface area contributed by atoms with E-state index >= 15 is 0 Å². The number of ether oxygens (including phenoxy) is 1. The highest BCUT2D eigenvalue weighted by atomic mass is 16.5. The van der Waals surface area contributed by atoms with Gasteiger partial charge >= 0.3 is 5.97 Å². The first-order valence-electron chi connectivity index (χ1n) is 7.35. The summed E-state index contributed by atoms with van der Waals surface area (Å²) < 4.78 is 7.12. The fraction of sp³-hybridized carbons (Fsp3) is 0.733. The van der Waals surface area contributed by atoms with Gasteiger partial charge in [0, 0.05) is 31.9 Å². The minimum atomic E-state index is -0.349. The molecule has 1 saturated heterocycles. The van der Waals surface area contributed by atoms with Crippen LogP contribution in [0.15, 0.2) is 12.4 Å². The van der Waals surface area contributed by atoms with Gasteiger partial charge in [0.05, 0.1) is 18.2 Å². The van der Waals surface area contributed by atoms with E-state index in [0.29, 0.717) is 12.5 Å². The van der Waals surface area contributed by atoms with Crippen LogP contribution in [-0.4, -0.2) is 40.3 Å². The number of carbonyl (C=O) groups is 1. The Bertz CT molecular complexity index is 469. The molecule has 0 unspecified atom stereocenters. The summed E-state index contributed by atoms with van der Waals surface area (Å²) in [5, 5.41) is 4.19. The lowest BCUT2D eigenvalue weighted by atomic mass is 9.76. The van der Waals surface area contributed by atoms with Gasteiger partial charge in [-0.15, -0.1) is 0 Å². The monoisotopic (exact) mass is 279 g/mol. The van der Waals surface area contributed by atoms with Crippen molar-refractivity contribution in [3.63, 3.8) is 0 Å². The normalized spacial score (nSPS) is 23.4. The van der Waals surface area contributed by atoms with Gasteiger partial charge in [0.1, 0.15) is 0 Å². The van der Waals surface area contributed by atoms with E-state index in [0.717, 1.165) is 26.1 Å². The Hall–Kier alpha value is -1.36. The van der Waals surface area contributed by atoms with E-state index in [4.69, 9.17) is 4.74 Å². The molecule has 1 aromatic heterocycles. The van der Waals surface area contributed by atoms with E-state index in [2.05, 4.69) is 23.8 Å². The molecule has 5 nitrogen and oxygen atoms in total. The number of hydrogen-bond donors (Lipinski definition) is 0. The van der Waals surface area contributed by atoms with Gasteiger partial charge in [0.25, 0.3) is 0 Å². The topological polar surface area (TPSA) is 47.4 Å². The van der Waals surface area contributed by atoms with Crippen LogP contribution < -0.4 is 0 Å². The summed E-state index contributed by atoms with van der Waals surface area (Å²) >= 11 is 0. The predicted molar refractivity (Wildman–Crippen MR) is 77.0 cm³/mol. The highest BCUT2D eigenvalue weighted by molar-refractivity contribution is 5.78. The van der Waals surface area contributed by atoms with Crippen LogP contribution in [0.2, 0.25) is 0 Å². The molecular formula is C15H25N3O2. The average Bonchev–Trinajstić information content (AvgIpc) is 2.98. The molecule has 5 heteroatoms. The van der Waals surface area contributed by atoms with Gasteiger partial charge in [-0.3, -0.25) is 14.4 Å². The molecule has 1 aliphatic heterocycles. The van der Waals surface area contributed by atoms with Crippen molar-refractivity contribution in [3.05, 3.63) is 18.0 Å². The quantitative estimate of drug-likeness (QED) is 0.772. The molecule has 1 aliphatic rings. The van der Waals surface area contributed by atoms with Crippen LogP contribution in [0.1, 0.15) is 32.8 Å². The van der Waals surface area contributed by atoms with Crippen molar-refractivity contribution in [3.8, 4) is 0 Å². The Balaban J connectivity index is 2.05. The van der Waals surface area contributed by atoms with Gasteiger partial charge in [0.2, 0.25) is 0 Å². The van der Waals surface area contributed by atoms with Crippen molar-refractivity contribution in [2.45, 2.75) is 33.7 Å². The van der Waals surface area contributed by atoms with Gasteiger partial charge in [-0.2, -0.15) is 5.10 Å². The highest BCUT2D eigenvalue weighted by Gasteiger charge is 2.48. The summed E-state index contributed by atoms with van der Waals surface area (Å²) in [6.07, 6.45) is 4.79. The first-order valence-corrected chi connectivity index (χ1v) is 7.35. The molecule has 0 bridgehead atoms. The van der Waals surface area contributed by atoms with Gasteiger partial charge in [0.15, 0.2) is 0 Å². The molecule has 2 rings (SSSR count). The molecule has 112 valence electrons. The van der Waals surface area contributed by atoms with Crippen LogP contribution in [0.4, 0.5) is 0 Å². The van der Waals surface area contributed by atoms with Crippen LogP contribution in [-0.2, 0) is 23.1 Å². The van der Waals surface area contributed by atoms with Crippen LogP contribution in [0.25, 0.3) is 0 Å². The number of hydrogen-bond acceptors (Lipinski definition) is 4. The molecule has 0 aromatic carbocycles. The molecule has 20 heavy (non-hydrogen) atoms. The van der Waals surface area contributed by atoms with E-state index in [1.807, 2.05) is 31.0 Å². The second kappa shape index (κ2) is 5.95. The Morgan fingerprint density at radius 2 is 2.30 bits per heavy atom. The maximum absolute atomic E-state index is 12.3. The summed E-state index contributed by atoms with van der Waals surface area (Å²) in [6.45, 7) is 9.12. The second-order valence-electron chi connectivity index (χ2n) is 6.01. The number of likely N-dealkylation sites (tertiary alicyclic amines) is 1. The minimum absolute atomic E-state index is 0.0383. The van der Waals surface area contributed by atoms with Crippen molar-refractivity contribution < 1.29 is 9.53 Å². The first kappa shape index (κ1) is 15.0. The lowest BCUT2D eigenvalue weighted by Gasteiger charge is -2.31. The Labute approximate surface area is 120 Å². The molecule has 0 saturated carbocycles. The zero-order chi connectivity index (χ0) is 14.8. The summed E-state index contributed by atoms with van der Waals surface area (Å²) in [4.78, 5) is 14.7. The summed E-state index contributed by atoms with van der Waals surface area (Å²) in [5.41, 5.74) is 0.842. The number of nitrogens with zero attached hydrogens (tertiary/aromatic N) is 3. The van der Waals surface area contributed by atoms with E-state index < -0.39 is 0 Å². The zero-order valence-corrected chi connectivity index (χ0v) is 12.9. The second-order valence-corrected chi connectivity index (χ2v) is 6.01. The van der Waals surface area contributed by atoms with Gasteiger partial charge in [-0.25, -0.2) is 0 Å². The molecule has 1 atom stereocenters. The number of aromatic nitrogens is 2. The van der Waals surface area contributed by atoms with Crippen molar-refractivity contribution in [2.75, 3.05) is 19.7 Å². The van der Waals surface area contributed by atoms with Gasteiger partial charge < -0.3 is 4.74 Å². The fourth-order valence-corrected chi connectivity index (χ4v) is 3.01. The Morgan fingerprint density at radius 3 is 2.85 bits per heavy atom. The largest absolute Gasteiger partial charge is 0.466 e. The maximum atomic E-state index is 12.3. The van der Waals surface area contributed by atoms with E-state index in [-0.39, 0.29) is 11.4 Å². The molecule has 1 fully saturated rings. The fourth-order valence-electron chi connectivity index (χ4n) is 3.01. The third-order valence-corrected chi connectivity index (χ3v) is 4.33.